The molecular weight excluding hydrogens is 426 g/mol. The largest absolute Gasteiger partial charge is 0.494 e. The molecular formula is C21H24ClN3O4S. The molecule has 2 amide bonds. The van der Waals surface area contributed by atoms with Crippen LogP contribution in [0.5, 0.6) is 11.5 Å². The van der Waals surface area contributed by atoms with Gasteiger partial charge in [-0.1, -0.05) is 18.5 Å². The Kier molecular flexibility index (Phi) is 8.89. The van der Waals surface area contributed by atoms with E-state index in [4.69, 9.17) is 33.3 Å². The number of carbonyl (C=O) groups excluding carboxylic acids is 2. The summed E-state index contributed by atoms with van der Waals surface area (Å²) < 4.78 is 11.0. The van der Waals surface area contributed by atoms with Crippen molar-refractivity contribution in [2.45, 2.75) is 27.2 Å². The molecule has 0 aliphatic carbocycles. The molecule has 0 spiro atoms. The van der Waals surface area contributed by atoms with Gasteiger partial charge in [-0.05, 0) is 56.4 Å². The number of hydrogen-bond acceptors (Lipinski definition) is 5. The molecule has 160 valence electrons. The molecule has 0 saturated carbocycles. The van der Waals surface area contributed by atoms with E-state index < -0.39 is 5.91 Å². The summed E-state index contributed by atoms with van der Waals surface area (Å²) in [5.41, 5.74) is 1.35. The first kappa shape index (κ1) is 23.4. The van der Waals surface area contributed by atoms with Gasteiger partial charge in [0.05, 0.1) is 23.9 Å². The van der Waals surface area contributed by atoms with Gasteiger partial charge >= 0.3 is 0 Å². The van der Waals surface area contributed by atoms with E-state index in [0.29, 0.717) is 53.1 Å². The van der Waals surface area contributed by atoms with Crippen LogP contribution in [0.4, 0.5) is 11.4 Å². The first-order valence-corrected chi connectivity index (χ1v) is 10.3. The number of carbonyl (C=O) groups is 2. The lowest BCUT2D eigenvalue weighted by molar-refractivity contribution is -0.115. The maximum atomic E-state index is 12.7. The molecule has 0 radical (unpaired) electrons. The predicted octanol–water partition coefficient (Wildman–Crippen LogP) is 4.61. The molecule has 0 aliphatic heterocycles. The summed E-state index contributed by atoms with van der Waals surface area (Å²) in [4.78, 5) is 24.2. The van der Waals surface area contributed by atoms with Crippen LogP contribution in [0.3, 0.4) is 0 Å². The molecule has 2 rings (SSSR count). The molecule has 2 aromatic rings. The van der Waals surface area contributed by atoms with Gasteiger partial charge in [0.2, 0.25) is 5.91 Å². The number of thiocarbonyl (C=S) groups is 1. The van der Waals surface area contributed by atoms with Crippen molar-refractivity contribution in [3.63, 3.8) is 0 Å². The summed E-state index contributed by atoms with van der Waals surface area (Å²) >= 11 is 11.4. The topological polar surface area (TPSA) is 88.7 Å². The summed E-state index contributed by atoms with van der Waals surface area (Å²) in [5.74, 6) is 0.491. The van der Waals surface area contributed by atoms with E-state index in [1.54, 1.807) is 43.3 Å². The average Bonchev–Trinajstić information content (AvgIpc) is 2.70. The lowest BCUT2D eigenvalue weighted by Gasteiger charge is -2.14. The minimum atomic E-state index is -0.429. The number of anilines is 2. The third-order valence-electron chi connectivity index (χ3n) is 3.81. The number of ether oxygens (including phenoxy) is 2. The van der Waals surface area contributed by atoms with E-state index in [-0.39, 0.29) is 11.0 Å². The highest BCUT2D eigenvalue weighted by molar-refractivity contribution is 7.80. The van der Waals surface area contributed by atoms with Gasteiger partial charge in [-0.15, -0.1) is 0 Å². The third kappa shape index (κ3) is 6.89. The highest BCUT2D eigenvalue weighted by Crippen LogP contribution is 2.26. The van der Waals surface area contributed by atoms with Crippen LogP contribution in [0.2, 0.25) is 5.02 Å². The smallest absolute Gasteiger partial charge is 0.257 e. The van der Waals surface area contributed by atoms with Crippen molar-refractivity contribution in [1.29, 1.82) is 0 Å². The summed E-state index contributed by atoms with van der Waals surface area (Å²) in [6, 6.07) is 9.87. The Balaban J connectivity index is 2.12. The van der Waals surface area contributed by atoms with Crippen molar-refractivity contribution in [2.24, 2.45) is 0 Å². The zero-order valence-corrected chi connectivity index (χ0v) is 18.6. The SMILES string of the molecule is CCOc1cc(OCC)cc(C(=O)NC(=S)Nc2cc(NC(=O)CC)ccc2Cl)c1. The first-order chi connectivity index (χ1) is 14.4. The average molecular weight is 450 g/mol. The molecule has 7 nitrogen and oxygen atoms in total. The number of hydrogen-bond donors (Lipinski definition) is 3. The van der Waals surface area contributed by atoms with Crippen molar-refractivity contribution in [1.82, 2.24) is 5.32 Å². The molecule has 30 heavy (non-hydrogen) atoms. The van der Waals surface area contributed by atoms with Gasteiger partial charge in [0, 0.05) is 23.7 Å². The van der Waals surface area contributed by atoms with E-state index in [1.807, 2.05) is 13.8 Å². The molecule has 3 N–H and O–H groups in total. The number of amides is 2. The molecule has 9 heteroatoms. The second kappa shape index (κ2) is 11.4. The van der Waals surface area contributed by atoms with Crippen LogP contribution >= 0.6 is 23.8 Å². The zero-order valence-electron chi connectivity index (χ0n) is 17.0. The summed E-state index contributed by atoms with van der Waals surface area (Å²) in [5, 5.41) is 8.66. The standard InChI is InChI=1S/C21H24ClN3O4S/c1-4-19(26)23-14-7-8-17(22)18(11-14)24-21(30)25-20(27)13-9-15(28-5-2)12-16(10-13)29-6-3/h7-12H,4-6H2,1-3H3,(H,23,26)(H2,24,25,27,30). The highest BCUT2D eigenvalue weighted by atomic mass is 35.5. The molecule has 0 heterocycles. The van der Waals surface area contributed by atoms with Crippen molar-refractivity contribution in [3.8, 4) is 11.5 Å². The summed E-state index contributed by atoms with van der Waals surface area (Å²) in [7, 11) is 0. The van der Waals surface area contributed by atoms with Crippen molar-refractivity contribution < 1.29 is 19.1 Å². The molecule has 0 unspecified atom stereocenters. The van der Waals surface area contributed by atoms with E-state index in [1.165, 1.54) is 0 Å². The van der Waals surface area contributed by atoms with Crippen LogP contribution in [-0.2, 0) is 4.79 Å². The van der Waals surface area contributed by atoms with E-state index in [0.717, 1.165) is 0 Å². The van der Waals surface area contributed by atoms with Crippen LogP contribution in [0, 0.1) is 0 Å². The minimum Gasteiger partial charge on any atom is -0.494 e. The van der Waals surface area contributed by atoms with Crippen LogP contribution in [0.25, 0.3) is 0 Å². The fourth-order valence-corrected chi connectivity index (χ4v) is 2.85. The maximum absolute atomic E-state index is 12.7. The van der Waals surface area contributed by atoms with Crippen LogP contribution in [0.15, 0.2) is 36.4 Å². The zero-order chi connectivity index (χ0) is 22.1. The number of halogens is 1. The second-order valence-electron chi connectivity index (χ2n) is 6.06. The molecule has 0 aliphatic rings. The predicted molar refractivity (Wildman–Crippen MR) is 123 cm³/mol. The van der Waals surface area contributed by atoms with Crippen molar-refractivity contribution >= 4 is 52.1 Å². The van der Waals surface area contributed by atoms with Gasteiger partial charge in [0.25, 0.3) is 5.91 Å². The quantitative estimate of drug-likeness (QED) is 0.510. The Bertz CT molecular complexity index is 912. The van der Waals surface area contributed by atoms with Gasteiger partial charge in [0.1, 0.15) is 11.5 Å². The Morgan fingerprint density at radius 3 is 2.17 bits per heavy atom. The van der Waals surface area contributed by atoms with Gasteiger partial charge < -0.3 is 20.1 Å². The third-order valence-corrected chi connectivity index (χ3v) is 4.34. The molecule has 2 aromatic carbocycles. The Labute approximate surface area is 186 Å². The Morgan fingerprint density at radius 1 is 0.967 bits per heavy atom. The van der Waals surface area contributed by atoms with Crippen molar-refractivity contribution in [2.75, 3.05) is 23.8 Å². The van der Waals surface area contributed by atoms with E-state index in [2.05, 4.69) is 16.0 Å². The van der Waals surface area contributed by atoms with Crippen LogP contribution in [-0.4, -0.2) is 30.1 Å². The second-order valence-corrected chi connectivity index (χ2v) is 6.88. The molecule has 0 bridgehead atoms. The minimum absolute atomic E-state index is 0.0561. The van der Waals surface area contributed by atoms with Gasteiger partial charge in [0.15, 0.2) is 5.11 Å². The van der Waals surface area contributed by atoms with E-state index in [9.17, 15) is 9.59 Å². The van der Waals surface area contributed by atoms with Crippen LogP contribution in [0.1, 0.15) is 37.6 Å². The summed E-state index contributed by atoms with van der Waals surface area (Å²) in [6.45, 7) is 6.38. The summed E-state index contributed by atoms with van der Waals surface area (Å²) in [6.07, 6.45) is 0.352. The highest BCUT2D eigenvalue weighted by Gasteiger charge is 2.13. The lowest BCUT2D eigenvalue weighted by Crippen LogP contribution is -2.34. The molecule has 0 saturated heterocycles. The molecule has 0 atom stereocenters. The monoisotopic (exact) mass is 449 g/mol. The van der Waals surface area contributed by atoms with E-state index >= 15 is 0 Å². The van der Waals surface area contributed by atoms with Gasteiger partial charge in [-0.2, -0.15) is 0 Å². The molecule has 0 fully saturated rings. The first-order valence-electron chi connectivity index (χ1n) is 9.48. The molecule has 0 aromatic heterocycles. The number of nitrogens with one attached hydrogen (secondary N) is 3. The normalized spacial score (nSPS) is 10.1. The Hall–Kier alpha value is -2.84. The van der Waals surface area contributed by atoms with Gasteiger partial charge in [-0.25, -0.2) is 0 Å². The Morgan fingerprint density at radius 2 is 1.60 bits per heavy atom. The number of benzene rings is 2. The lowest BCUT2D eigenvalue weighted by atomic mass is 10.2. The number of rotatable bonds is 8. The fraction of sp³-hybridized carbons (Fsp3) is 0.286. The maximum Gasteiger partial charge on any atom is 0.257 e. The van der Waals surface area contributed by atoms with Gasteiger partial charge in [-0.3, -0.25) is 14.9 Å². The fourth-order valence-electron chi connectivity index (χ4n) is 2.48. The van der Waals surface area contributed by atoms with Crippen LogP contribution < -0.4 is 25.4 Å². The van der Waals surface area contributed by atoms with Crippen molar-refractivity contribution in [3.05, 3.63) is 47.0 Å².